The predicted molar refractivity (Wildman–Crippen MR) is 132 cm³/mol. The van der Waals surface area contributed by atoms with Crippen molar-refractivity contribution in [3.05, 3.63) is 127 Å². The van der Waals surface area contributed by atoms with Crippen molar-refractivity contribution in [3.63, 3.8) is 0 Å². The first-order chi connectivity index (χ1) is 16.3. The van der Waals surface area contributed by atoms with E-state index in [1.54, 1.807) is 6.20 Å². The van der Waals surface area contributed by atoms with Crippen LogP contribution in [0.2, 0.25) is 0 Å². The van der Waals surface area contributed by atoms with Crippen LogP contribution in [0, 0.1) is 0 Å². The maximum atomic E-state index is 4.74. The Kier molecular flexibility index (Phi) is 5.93. The molecule has 0 amide bonds. The molecule has 0 aliphatic heterocycles. The van der Waals surface area contributed by atoms with Gasteiger partial charge in [-0.3, -0.25) is 14.6 Å². The van der Waals surface area contributed by atoms with Crippen LogP contribution in [0.25, 0.3) is 11.1 Å². The Balaban J connectivity index is 1.45. The van der Waals surface area contributed by atoms with Gasteiger partial charge in [-0.2, -0.15) is 5.10 Å². The lowest BCUT2D eigenvalue weighted by atomic mass is 9.89. The van der Waals surface area contributed by atoms with Gasteiger partial charge in [0.25, 0.3) is 0 Å². The van der Waals surface area contributed by atoms with E-state index in [0.29, 0.717) is 0 Å². The highest BCUT2D eigenvalue weighted by Crippen LogP contribution is 2.35. The Labute approximate surface area is 193 Å². The van der Waals surface area contributed by atoms with E-state index in [1.165, 1.54) is 16.7 Å². The van der Waals surface area contributed by atoms with Crippen LogP contribution in [-0.4, -0.2) is 19.7 Å². The molecule has 3 heterocycles. The molecule has 5 heteroatoms. The van der Waals surface area contributed by atoms with Crippen molar-refractivity contribution < 1.29 is 0 Å². The Hall–Kier alpha value is -4.25. The van der Waals surface area contributed by atoms with E-state index in [4.69, 9.17) is 4.98 Å². The molecule has 0 saturated heterocycles. The van der Waals surface area contributed by atoms with Gasteiger partial charge in [0.2, 0.25) is 0 Å². The summed E-state index contributed by atoms with van der Waals surface area (Å²) in [6, 6.07) is 26.8. The Morgan fingerprint density at radius 1 is 0.848 bits per heavy atom. The summed E-state index contributed by atoms with van der Waals surface area (Å²) >= 11 is 0. The number of rotatable bonds is 7. The summed E-state index contributed by atoms with van der Waals surface area (Å²) in [6.07, 6.45) is 9.50. The molecule has 162 valence electrons. The van der Waals surface area contributed by atoms with E-state index in [9.17, 15) is 0 Å². The second kappa shape index (κ2) is 9.49. The van der Waals surface area contributed by atoms with E-state index in [-0.39, 0.29) is 5.92 Å². The zero-order valence-electron chi connectivity index (χ0n) is 18.5. The molecular formula is C28H25N5. The minimum absolute atomic E-state index is 0.0824. The highest BCUT2D eigenvalue weighted by Gasteiger charge is 2.19. The Morgan fingerprint density at radius 2 is 1.67 bits per heavy atom. The first kappa shape index (κ1) is 20.6. The maximum Gasteiger partial charge on any atom is 0.0710 e. The molecule has 0 spiro atoms. The molecule has 5 nitrogen and oxygen atoms in total. The third-order valence-electron chi connectivity index (χ3n) is 5.75. The minimum Gasteiger partial charge on any atom is -0.353 e. The molecule has 5 aromatic rings. The quantitative estimate of drug-likeness (QED) is 0.329. The molecular weight excluding hydrogens is 406 g/mol. The van der Waals surface area contributed by atoms with Crippen LogP contribution in [0.15, 0.2) is 110 Å². The largest absolute Gasteiger partial charge is 0.353 e. The average molecular weight is 432 g/mol. The SMILES string of the molecule is CC(c1ccccc1-c1cnn(Cc2ccccc2)c1)c1ncccc1Nc1cccnc1. The van der Waals surface area contributed by atoms with Crippen molar-refractivity contribution >= 4 is 11.4 Å². The molecule has 3 aromatic heterocycles. The standard InChI is InChI=1S/C28H25N5/c1-21(28-27(14-8-16-30-28)32-24-11-7-15-29-18-24)25-12-5-6-13-26(25)23-17-31-33(20-23)19-22-9-3-2-4-10-22/h2-18,20-21,32H,19H2,1H3. The van der Waals surface area contributed by atoms with E-state index in [0.717, 1.165) is 29.2 Å². The number of anilines is 2. The number of nitrogens with one attached hydrogen (secondary N) is 1. The van der Waals surface area contributed by atoms with Gasteiger partial charge in [0, 0.05) is 30.1 Å². The van der Waals surface area contributed by atoms with Gasteiger partial charge in [-0.25, -0.2) is 0 Å². The molecule has 0 fully saturated rings. The molecule has 0 aliphatic rings. The fraction of sp³-hybridized carbons (Fsp3) is 0.107. The smallest absolute Gasteiger partial charge is 0.0710 e. The van der Waals surface area contributed by atoms with Crippen LogP contribution in [0.4, 0.5) is 11.4 Å². The monoisotopic (exact) mass is 431 g/mol. The lowest BCUT2D eigenvalue weighted by Gasteiger charge is -2.19. The zero-order valence-corrected chi connectivity index (χ0v) is 18.5. The molecule has 2 aromatic carbocycles. The van der Waals surface area contributed by atoms with Gasteiger partial charge in [0.1, 0.15) is 0 Å². The maximum absolute atomic E-state index is 4.74. The van der Waals surface area contributed by atoms with Crippen molar-refractivity contribution in [1.82, 2.24) is 19.7 Å². The Morgan fingerprint density at radius 3 is 2.52 bits per heavy atom. The van der Waals surface area contributed by atoms with E-state index in [1.807, 2.05) is 47.5 Å². The number of hydrogen-bond donors (Lipinski definition) is 1. The highest BCUT2D eigenvalue weighted by molar-refractivity contribution is 5.69. The molecule has 0 aliphatic carbocycles. The van der Waals surface area contributed by atoms with Gasteiger partial charge in [-0.1, -0.05) is 61.5 Å². The van der Waals surface area contributed by atoms with Crippen molar-refractivity contribution in [3.8, 4) is 11.1 Å². The van der Waals surface area contributed by atoms with Gasteiger partial charge < -0.3 is 5.32 Å². The fourth-order valence-corrected chi connectivity index (χ4v) is 4.10. The van der Waals surface area contributed by atoms with Crippen LogP contribution >= 0.6 is 0 Å². The van der Waals surface area contributed by atoms with Gasteiger partial charge >= 0.3 is 0 Å². The molecule has 1 atom stereocenters. The number of aromatic nitrogens is 4. The lowest BCUT2D eigenvalue weighted by Crippen LogP contribution is -2.05. The van der Waals surface area contributed by atoms with Crippen molar-refractivity contribution in [2.75, 3.05) is 5.32 Å². The third kappa shape index (κ3) is 4.67. The second-order valence-corrected chi connectivity index (χ2v) is 8.02. The molecule has 5 rings (SSSR count). The molecule has 1 N–H and O–H groups in total. The molecule has 0 bridgehead atoms. The summed E-state index contributed by atoms with van der Waals surface area (Å²) < 4.78 is 1.99. The predicted octanol–water partition coefficient (Wildman–Crippen LogP) is 6.28. The number of benzene rings is 2. The summed E-state index contributed by atoms with van der Waals surface area (Å²) in [6.45, 7) is 2.95. The van der Waals surface area contributed by atoms with Gasteiger partial charge in [0.15, 0.2) is 0 Å². The summed E-state index contributed by atoms with van der Waals surface area (Å²) in [5.41, 5.74) is 7.62. The summed E-state index contributed by atoms with van der Waals surface area (Å²) in [5, 5.41) is 8.09. The summed E-state index contributed by atoms with van der Waals surface area (Å²) in [7, 11) is 0. The zero-order chi connectivity index (χ0) is 22.5. The topological polar surface area (TPSA) is 55.6 Å². The van der Waals surface area contributed by atoms with Crippen LogP contribution in [0.1, 0.15) is 29.7 Å². The van der Waals surface area contributed by atoms with Crippen molar-refractivity contribution in [2.24, 2.45) is 0 Å². The second-order valence-electron chi connectivity index (χ2n) is 8.02. The summed E-state index contributed by atoms with van der Waals surface area (Å²) in [5.74, 6) is 0.0824. The highest BCUT2D eigenvalue weighted by atomic mass is 15.3. The average Bonchev–Trinajstić information content (AvgIpc) is 3.33. The lowest BCUT2D eigenvalue weighted by molar-refractivity contribution is 0.687. The van der Waals surface area contributed by atoms with Crippen LogP contribution < -0.4 is 5.32 Å². The Bertz CT molecular complexity index is 1330. The van der Waals surface area contributed by atoms with E-state index >= 15 is 0 Å². The van der Waals surface area contributed by atoms with E-state index < -0.39 is 0 Å². The third-order valence-corrected chi connectivity index (χ3v) is 5.75. The number of nitrogens with zero attached hydrogens (tertiary/aromatic N) is 4. The molecule has 33 heavy (non-hydrogen) atoms. The van der Waals surface area contributed by atoms with Crippen LogP contribution in [0.3, 0.4) is 0 Å². The van der Waals surface area contributed by atoms with E-state index in [2.05, 4.69) is 83.1 Å². The number of hydrogen-bond acceptors (Lipinski definition) is 4. The molecule has 1 unspecified atom stereocenters. The fourth-order valence-electron chi connectivity index (χ4n) is 4.10. The van der Waals surface area contributed by atoms with Crippen LogP contribution in [-0.2, 0) is 6.54 Å². The minimum atomic E-state index is 0.0824. The summed E-state index contributed by atoms with van der Waals surface area (Å²) in [4.78, 5) is 8.95. The molecule has 0 radical (unpaired) electrons. The van der Waals surface area contributed by atoms with Gasteiger partial charge in [-0.15, -0.1) is 0 Å². The van der Waals surface area contributed by atoms with Crippen LogP contribution in [0.5, 0.6) is 0 Å². The van der Waals surface area contributed by atoms with Gasteiger partial charge in [0.05, 0.1) is 36.0 Å². The van der Waals surface area contributed by atoms with Crippen molar-refractivity contribution in [2.45, 2.75) is 19.4 Å². The van der Waals surface area contributed by atoms with Gasteiger partial charge in [-0.05, 0) is 41.0 Å². The first-order valence-corrected chi connectivity index (χ1v) is 11.1. The molecule has 0 saturated carbocycles. The normalized spacial score (nSPS) is 11.8. The first-order valence-electron chi connectivity index (χ1n) is 11.1. The van der Waals surface area contributed by atoms with Crippen molar-refractivity contribution in [1.29, 1.82) is 0 Å². The number of pyridine rings is 2.